The monoisotopic (exact) mass is 350 g/mol. The van der Waals surface area contributed by atoms with Gasteiger partial charge in [0.2, 0.25) is 0 Å². The molecule has 0 saturated heterocycles. The highest BCUT2D eigenvalue weighted by Gasteiger charge is 2.22. The van der Waals surface area contributed by atoms with Gasteiger partial charge in [0, 0.05) is 5.54 Å². The number of aryl methyl sites for hydroxylation is 1. The van der Waals surface area contributed by atoms with E-state index in [1.165, 1.54) is 6.92 Å². The van der Waals surface area contributed by atoms with Crippen LogP contribution < -0.4 is 15.4 Å². The molecule has 7 nitrogen and oxygen atoms in total. The number of esters is 1. The van der Waals surface area contributed by atoms with Crippen molar-refractivity contribution in [1.82, 2.24) is 10.6 Å². The maximum Gasteiger partial charge on any atom is 0.321 e. The molecular weight excluding hydrogens is 324 g/mol. The Bertz CT molecular complexity index is 605. The molecule has 138 valence electrons. The van der Waals surface area contributed by atoms with Gasteiger partial charge in [-0.2, -0.15) is 0 Å². The maximum atomic E-state index is 11.8. The molecule has 0 spiro atoms. The molecule has 0 aliphatic rings. The van der Waals surface area contributed by atoms with E-state index in [9.17, 15) is 14.4 Å². The minimum atomic E-state index is -1.07. The summed E-state index contributed by atoms with van der Waals surface area (Å²) in [6.07, 6.45) is -1.07. The third-order valence-electron chi connectivity index (χ3n) is 3.00. The van der Waals surface area contributed by atoms with Crippen LogP contribution in [-0.2, 0) is 14.3 Å². The highest BCUT2D eigenvalue weighted by molar-refractivity contribution is 5.97. The van der Waals surface area contributed by atoms with E-state index in [0.717, 1.165) is 5.56 Å². The molecule has 0 aliphatic heterocycles. The molecule has 0 heterocycles. The van der Waals surface area contributed by atoms with Crippen LogP contribution in [0.5, 0.6) is 5.75 Å². The first-order valence-corrected chi connectivity index (χ1v) is 8.09. The number of ether oxygens (including phenoxy) is 2. The van der Waals surface area contributed by atoms with Crippen LogP contribution in [0.3, 0.4) is 0 Å². The van der Waals surface area contributed by atoms with Gasteiger partial charge in [-0.3, -0.25) is 14.9 Å². The smallest absolute Gasteiger partial charge is 0.321 e. The third-order valence-corrected chi connectivity index (χ3v) is 3.00. The van der Waals surface area contributed by atoms with E-state index in [1.54, 1.807) is 20.8 Å². The molecule has 0 aliphatic carbocycles. The number of rotatable bonds is 6. The van der Waals surface area contributed by atoms with E-state index in [0.29, 0.717) is 5.75 Å². The summed E-state index contributed by atoms with van der Waals surface area (Å²) >= 11 is 0. The average molecular weight is 350 g/mol. The minimum Gasteiger partial charge on any atom is -0.493 e. The van der Waals surface area contributed by atoms with Crippen molar-refractivity contribution in [2.24, 2.45) is 0 Å². The van der Waals surface area contributed by atoms with Crippen molar-refractivity contribution < 1.29 is 23.9 Å². The number of hydrogen-bond acceptors (Lipinski definition) is 5. The zero-order chi connectivity index (χ0) is 19.0. The number of amides is 3. The molecule has 0 bridgehead atoms. The Morgan fingerprint density at radius 2 is 1.72 bits per heavy atom. The minimum absolute atomic E-state index is 0.000314. The summed E-state index contributed by atoms with van der Waals surface area (Å²) in [6.45, 7) is 8.87. The lowest BCUT2D eigenvalue weighted by Gasteiger charge is -2.21. The van der Waals surface area contributed by atoms with Gasteiger partial charge in [-0.25, -0.2) is 4.79 Å². The van der Waals surface area contributed by atoms with Gasteiger partial charge >= 0.3 is 12.0 Å². The number of carbonyl (C=O) groups is 3. The molecule has 1 atom stereocenters. The van der Waals surface area contributed by atoms with Crippen molar-refractivity contribution in [2.75, 3.05) is 6.61 Å². The molecule has 1 aromatic carbocycles. The largest absolute Gasteiger partial charge is 0.493 e. The quantitative estimate of drug-likeness (QED) is 0.768. The Morgan fingerprint density at radius 1 is 1.12 bits per heavy atom. The van der Waals surface area contributed by atoms with Gasteiger partial charge < -0.3 is 14.8 Å². The van der Waals surface area contributed by atoms with Crippen LogP contribution in [0.25, 0.3) is 0 Å². The number of imide groups is 1. The molecule has 0 unspecified atom stereocenters. The number of benzene rings is 1. The second-order valence-corrected chi connectivity index (χ2v) is 6.74. The second-order valence-electron chi connectivity index (χ2n) is 6.74. The van der Waals surface area contributed by atoms with Gasteiger partial charge in [-0.05, 0) is 46.8 Å². The lowest BCUT2D eigenvalue weighted by Crippen LogP contribution is -2.50. The molecule has 7 heteroatoms. The zero-order valence-corrected chi connectivity index (χ0v) is 15.3. The lowest BCUT2D eigenvalue weighted by molar-refractivity contribution is -0.154. The lowest BCUT2D eigenvalue weighted by atomic mass is 10.1. The van der Waals surface area contributed by atoms with Crippen molar-refractivity contribution in [3.63, 3.8) is 0 Å². The fourth-order valence-corrected chi connectivity index (χ4v) is 1.78. The molecule has 2 N–H and O–H groups in total. The first kappa shape index (κ1) is 20.5. The molecular formula is C18H26N2O5. The molecule has 0 aromatic heterocycles. The van der Waals surface area contributed by atoms with Gasteiger partial charge in [-0.1, -0.05) is 17.7 Å². The van der Waals surface area contributed by atoms with Crippen LogP contribution in [0.1, 0.15) is 39.7 Å². The van der Waals surface area contributed by atoms with E-state index in [-0.39, 0.29) is 13.0 Å². The van der Waals surface area contributed by atoms with Gasteiger partial charge in [-0.15, -0.1) is 0 Å². The summed E-state index contributed by atoms with van der Waals surface area (Å²) in [5, 5.41) is 4.71. The Kier molecular flexibility index (Phi) is 7.42. The van der Waals surface area contributed by atoms with E-state index in [1.807, 2.05) is 31.2 Å². The first-order chi connectivity index (χ1) is 11.6. The standard InChI is InChI=1S/C18H26N2O5/c1-12-6-8-14(9-7-12)24-11-10-15(21)25-13(2)16(22)19-17(23)20-18(3,4)5/h6-9,13H,10-11H2,1-5H3,(H2,19,20,22,23)/t13-/m1/s1. The van der Waals surface area contributed by atoms with E-state index in [2.05, 4.69) is 10.6 Å². The van der Waals surface area contributed by atoms with Crippen molar-refractivity contribution >= 4 is 17.9 Å². The maximum absolute atomic E-state index is 11.8. The molecule has 1 aromatic rings. The molecule has 0 fully saturated rings. The molecule has 3 amide bonds. The Hall–Kier alpha value is -2.57. The summed E-state index contributed by atoms with van der Waals surface area (Å²) in [5.41, 5.74) is 0.638. The number of hydrogen-bond donors (Lipinski definition) is 2. The van der Waals surface area contributed by atoms with Gasteiger partial charge in [0.1, 0.15) is 5.75 Å². The van der Waals surface area contributed by atoms with Crippen molar-refractivity contribution in [3.8, 4) is 5.75 Å². The van der Waals surface area contributed by atoms with Gasteiger partial charge in [0.05, 0.1) is 13.0 Å². The average Bonchev–Trinajstić information content (AvgIpc) is 2.47. The van der Waals surface area contributed by atoms with Crippen LogP contribution in [0.2, 0.25) is 0 Å². The van der Waals surface area contributed by atoms with Crippen molar-refractivity contribution in [2.45, 2.75) is 52.7 Å². The van der Waals surface area contributed by atoms with Crippen LogP contribution >= 0.6 is 0 Å². The fourth-order valence-electron chi connectivity index (χ4n) is 1.78. The predicted molar refractivity (Wildman–Crippen MR) is 93.3 cm³/mol. The predicted octanol–water partition coefficient (Wildman–Crippen LogP) is 2.32. The molecule has 0 saturated carbocycles. The summed E-state index contributed by atoms with van der Waals surface area (Å²) in [7, 11) is 0. The van der Waals surface area contributed by atoms with Crippen LogP contribution in [0.4, 0.5) is 4.79 Å². The topological polar surface area (TPSA) is 93.7 Å². The summed E-state index contributed by atoms with van der Waals surface area (Å²) in [5.74, 6) is -0.608. The summed E-state index contributed by atoms with van der Waals surface area (Å²) in [4.78, 5) is 35.2. The highest BCUT2D eigenvalue weighted by Crippen LogP contribution is 2.11. The number of nitrogens with one attached hydrogen (secondary N) is 2. The van der Waals surface area contributed by atoms with Crippen molar-refractivity contribution in [1.29, 1.82) is 0 Å². The summed E-state index contributed by atoms with van der Waals surface area (Å²) < 4.78 is 10.4. The molecule has 1 rings (SSSR count). The SMILES string of the molecule is Cc1ccc(OCCC(=O)O[C@H](C)C(=O)NC(=O)NC(C)(C)C)cc1. The summed E-state index contributed by atoms with van der Waals surface area (Å²) in [6, 6.07) is 6.80. The van der Waals surface area contributed by atoms with Crippen LogP contribution in [0.15, 0.2) is 24.3 Å². The fraction of sp³-hybridized carbons (Fsp3) is 0.500. The molecule has 0 radical (unpaired) electrons. The number of carbonyl (C=O) groups excluding carboxylic acids is 3. The zero-order valence-electron chi connectivity index (χ0n) is 15.3. The highest BCUT2D eigenvalue weighted by atomic mass is 16.5. The second kappa shape index (κ2) is 9.05. The van der Waals surface area contributed by atoms with Crippen LogP contribution in [-0.4, -0.2) is 36.2 Å². The van der Waals surface area contributed by atoms with E-state index in [4.69, 9.17) is 9.47 Å². The Morgan fingerprint density at radius 3 is 2.28 bits per heavy atom. The van der Waals surface area contributed by atoms with Crippen molar-refractivity contribution in [3.05, 3.63) is 29.8 Å². The van der Waals surface area contributed by atoms with Gasteiger partial charge in [0.25, 0.3) is 5.91 Å². The van der Waals surface area contributed by atoms with Gasteiger partial charge in [0.15, 0.2) is 6.10 Å². The normalized spacial score (nSPS) is 12.0. The van der Waals surface area contributed by atoms with Crippen LogP contribution in [0, 0.1) is 6.92 Å². The first-order valence-electron chi connectivity index (χ1n) is 8.09. The van der Waals surface area contributed by atoms with E-state index >= 15 is 0 Å². The Balaban J connectivity index is 2.31. The Labute approximate surface area is 148 Å². The number of urea groups is 1. The third kappa shape index (κ3) is 8.74. The molecule has 25 heavy (non-hydrogen) atoms. The van der Waals surface area contributed by atoms with E-state index < -0.39 is 29.6 Å².